The first kappa shape index (κ1) is 36.8. The van der Waals surface area contributed by atoms with E-state index in [1.54, 1.807) is 0 Å². The number of aliphatic carboxylic acids is 1. The summed E-state index contributed by atoms with van der Waals surface area (Å²) in [6.45, 7) is 2.56. The molecule has 2 unspecified atom stereocenters. The summed E-state index contributed by atoms with van der Waals surface area (Å²) >= 11 is 0. The van der Waals surface area contributed by atoms with Crippen LogP contribution >= 0.6 is 21.6 Å². The van der Waals surface area contributed by atoms with Gasteiger partial charge in [-0.15, -0.1) is 0 Å². The van der Waals surface area contributed by atoms with Gasteiger partial charge < -0.3 is 15.7 Å². The summed E-state index contributed by atoms with van der Waals surface area (Å²) in [6.07, 6.45) is 34.0. The lowest BCUT2D eigenvalue weighted by Gasteiger charge is -2.15. The highest BCUT2D eigenvalue weighted by molar-refractivity contribution is 8.77. The van der Waals surface area contributed by atoms with Gasteiger partial charge in [-0.3, -0.25) is 9.59 Å². The minimum atomic E-state index is -1.03. The van der Waals surface area contributed by atoms with Gasteiger partial charge >= 0.3 is 5.97 Å². The Labute approximate surface area is 256 Å². The zero-order valence-electron chi connectivity index (χ0n) is 24.9. The Kier molecular flexibility index (Phi) is 24.0. The van der Waals surface area contributed by atoms with Gasteiger partial charge in [0.25, 0.3) is 0 Å². The largest absolute Gasteiger partial charge is 0.480 e. The zero-order valence-corrected chi connectivity index (χ0v) is 26.6. The fourth-order valence-corrected chi connectivity index (χ4v) is 7.14. The molecule has 0 bridgehead atoms. The number of hydrogen-bond donors (Lipinski definition) is 3. The Bertz CT molecular complexity index is 861. The van der Waals surface area contributed by atoms with Gasteiger partial charge in [0.05, 0.1) is 0 Å². The van der Waals surface area contributed by atoms with Gasteiger partial charge in [-0.2, -0.15) is 0 Å². The molecule has 41 heavy (non-hydrogen) atoms. The number of carbonyl (C=O) groups excluding carboxylic acids is 2. The number of nitrogens with one attached hydrogen (secondary N) is 2. The average Bonchev–Trinajstić information content (AvgIpc) is 3.48. The second-order valence-electron chi connectivity index (χ2n) is 10.1. The first-order chi connectivity index (χ1) is 20.0. The molecule has 2 amide bonds. The molecule has 1 aliphatic heterocycles. The van der Waals surface area contributed by atoms with Gasteiger partial charge in [0.15, 0.2) is 0 Å². The van der Waals surface area contributed by atoms with Crippen LogP contribution < -0.4 is 10.6 Å². The molecule has 1 rings (SSSR count). The van der Waals surface area contributed by atoms with Gasteiger partial charge in [-0.05, 0) is 77.0 Å². The maximum absolute atomic E-state index is 12.2. The molecule has 0 aromatic heterocycles. The van der Waals surface area contributed by atoms with Gasteiger partial charge in [0, 0.05) is 30.4 Å². The van der Waals surface area contributed by atoms with E-state index in [2.05, 4.69) is 78.3 Å². The first-order valence-corrected chi connectivity index (χ1v) is 17.7. The molecular weight excluding hydrogens is 553 g/mol. The van der Waals surface area contributed by atoms with Crippen molar-refractivity contribution < 1.29 is 19.5 Å². The van der Waals surface area contributed by atoms with Crippen LogP contribution in [0.1, 0.15) is 103 Å². The Balaban J connectivity index is 2.01. The Morgan fingerprint density at radius 3 is 2.00 bits per heavy atom. The predicted octanol–water partition coefficient (Wildman–Crippen LogP) is 8.09. The number of carboxylic acids is 1. The summed E-state index contributed by atoms with van der Waals surface area (Å²) in [6, 6.07) is -0.906. The van der Waals surface area contributed by atoms with E-state index in [9.17, 15) is 19.5 Å². The number of hydrogen-bond acceptors (Lipinski definition) is 5. The van der Waals surface area contributed by atoms with E-state index in [1.807, 2.05) is 21.6 Å². The highest BCUT2D eigenvalue weighted by Crippen LogP contribution is 2.39. The van der Waals surface area contributed by atoms with E-state index in [4.69, 9.17) is 0 Å². The van der Waals surface area contributed by atoms with E-state index in [0.717, 1.165) is 64.2 Å². The van der Waals surface area contributed by atoms with E-state index < -0.39 is 12.0 Å². The van der Waals surface area contributed by atoms with Crippen molar-refractivity contribution in [2.45, 2.75) is 115 Å². The zero-order chi connectivity index (χ0) is 29.8. The third-order valence-corrected chi connectivity index (χ3v) is 9.47. The minimum Gasteiger partial charge on any atom is -0.480 e. The first-order valence-electron chi connectivity index (χ1n) is 15.3. The average molecular weight is 605 g/mol. The van der Waals surface area contributed by atoms with Crippen molar-refractivity contribution in [1.29, 1.82) is 0 Å². The molecule has 0 aliphatic carbocycles. The van der Waals surface area contributed by atoms with E-state index >= 15 is 0 Å². The smallest absolute Gasteiger partial charge is 0.326 e. The molecule has 8 heteroatoms. The summed E-state index contributed by atoms with van der Waals surface area (Å²) < 4.78 is 0. The van der Waals surface area contributed by atoms with Crippen molar-refractivity contribution in [3.63, 3.8) is 0 Å². The van der Waals surface area contributed by atoms with Crippen molar-refractivity contribution in [1.82, 2.24) is 10.6 Å². The van der Waals surface area contributed by atoms with Gasteiger partial charge in [-0.25, -0.2) is 4.79 Å². The predicted molar refractivity (Wildman–Crippen MR) is 177 cm³/mol. The molecule has 1 aliphatic rings. The normalized spacial score (nSPS) is 16.6. The highest BCUT2D eigenvalue weighted by Gasteiger charge is 2.20. The maximum Gasteiger partial charge on any atom is 0.326 e. The van der Waals surface area contributed by atoms with Crippen molar-refractivity contribution in [3.05, 3.63) is 60.8 Å². The molecule has 1 heterocycles. The SMILES string of the molecule is CCC=CCC=CCC=CCC=CCC=CCCCC(=O)NCCCC(NC(=O)CCCCC1CCSS1)C(=O)O. The second kappa shape index (κ2) is 26.7. The van der Waals surface area contributed by atoms with Crippen LogP contribution in [0, 0.1) is 0 Å². The summed E-state index contributed by atoms with van der Waals surface area (Å²) in [7, 11) is 3.86. The van der Waals surface area contributed by atoms with Crippen LogP contribution in [0.3, 0.4) is 0 Å². The lowest BCUT2D eigenvalue weighted by molar-refractivity contribution is -0.142. The van der Waals surface area contributed by atoms with Crippen molar-refractivity contribution in [2.24, 2.45) is 0 Å². The van der Waals surface area contributed by atoms with Gasteiger partial charge in [0.2, 0.25) is 11.8 Å². The fraction of sp³-hybridized carbons (Fsp3) is 0.606. The van der Waals surface area contributed by atoms with Crippen molar-refractivity contribution in [3.8, 4) is 0 Å². The van der Waals surface area contributed by atoms with E-state index in [1.165, 1.54) is 12.2 Å². The Morgan fingerprint density at radius 2 is 1.41 bits per heavy atom. The van der Waals surface area contributed by atoms with Crippen LogP contribution in [0.4, 0.5) is 0 Å². The Hall–Kier alpha value is -2.19. The van der Waals surface area contributed by atoms with Crippen LogP contribution in [-0.2, 0) is 14.4 Å². The van der Waals surface area contributed by atoms with E-state index in [0.29, 0.717) is 37.5 Å². The van der Waals surface area contributed by atoms with Crippen LogP contribution in [0.2, 0.25) is 0 Å². The van der Waals surface area contributed by atoms with Crippen molar-refractivity contribution >= 4 is 39.4 Å². The van der Waals surface area contributed by atoms with Crippen LogP contribution in [-0.4, -0.2) is 46.5 Å². The number of allylic oxidation sites excluding steroid dienone is 10. The lowest BCUT2D eigenvalue weighted by Crippen LogP contribution is -2.41. The molecule has 0 radical (unpaired) electrons. The monoisotopic (exact) mass is 604 g/mol. The van der Waals surface area contributed by atoms with Gasteiger partial charge in [0.1, 0.15) is 6.04 Å². The summed E-state index contributed by atoms with van der Waals surface area (Å²) in [5.41, 5.74) is 0. The lowest BCUT2D eigenvalue weighted by atomic mass is 10.1. The second-order valence-corrected chi connectivity index (χ2v) is 12.9. The maximum atomic E-state index is 12.2. The van der Waals surface area contributed by atoms with Gasteiger partial charge in [-0.1, -0.05) is 95.7 Å². The summed E-state index contributed by atoms with van der Waals surface area (Å²) in [4.78, 5) is 35.7. The molecule has 2 atom stereocenters. The Morgan fingerprint density at radius 1 is 0.805 bits per heavy atom. The molecular formula is C33H52N2O4S2. The van der Waals surface area contributed by atoms with Crippen molar-refractivity contribution in [2.75, 3.05) is 12.3 Å². The molecule has 230 valence electrons. The van der Waals surface area contributed by atoms with Crippen LogP contribution in [0.25, 0.3) is 0 Å². The number of carbonyl (C=O) groups is 3. The number of carboxylic acid groups (broad SMARTS) is 1. The molecule has 0 spiro atoms. The van der Waals surface area contributed by atoms with Crippen LogP contribution in [0.5, 0.6) is 0 Å². The molecule has 6 nitrogen and oxygen atoms in total. The third-order valence-electron chi connectivity index (χ3n) is 6.46. The number of amides is 2. The van der Waals surface area contributed by atoms with E-state index in [-0.39, 0.29) is 11.8 Å². The molecule has 1 saturated heterocycles. The fourth-order valence-electron chi connectivity index (χ4n) is 4.12. The molecule has 1 fully saturated rings. The van der Waals surface area contributed by atoms with Crippen LogP contribution in [0.15, 0.2) is 60.8 Å². The summed E-state index contributed by atoms with van der Waals surface area (Å²) in [5, 5.41) is 15.6. The standard InChI is InChI=1S/C33H52N2O4S2/c1-2-3-4-5-6-7-8-9-10-11-12-13-14-15-16-17-18-24-31(36)34-27-21-23-30(33(38)39)35-32(37)25-20-19-22-29-26-28-40-41-29/h3-4,6-7,9-10,12-13,15-16,29-30H,2,5,8,11,14,17-28H2,1H3,(H,34,36)(H,35,37)(H,38,39). The molecule has 0 aromatic rings. The number of rotatable bonds is 24. The number of unbranched alkanes of at least 4 members (excludes halogenated alkanes) is 2. The topological polar surface area (TPSA) is 95.5 Å². The molecule has 0 aromatic carbocycles. The quantitative estimate of drug-likeness (QED) is 0.0586. The highest BCUT2D eigenvalue weighted by atomic mass is 33.1. The minimum absolute atomic E-state index is 0.0212. The molecule has 0 saturated carbocycles. The third kappa shape index (κ3) is 23.1. The molecule has 3 N–H and O–H groups in total. The summed E-state index contributed by atoms with van der Waals surface area (Å²) in [5.74, 6) is -0.0417.